The van der Waals surface area contributed by atoms with Crippen LogP contribution >= 0.6 is 24.0 Å². The van der Waals surface area contributed by atoms with Crippen LogP contribution in [0.4, 0.5) is 0 Å². The molecule has 124 valence electrons. The van der Waals surface area contributed by atoms with Crippen LogP contribution in [0.1, 0.15) is 104 Å². The summed E-state index contributed by atoms with van der Waals surface area (Å²) >= 11 is 0. The molecule has 0 saturated carbocycles. The number of halogens is 1. The maximum Gasteiger partial charge on any atom is -0.00490 e. The zero-order chi connectivity index (χ0) is 14.0. The molecular weight excluding hydrogens is 357 g/mol. The van der Waals surface area contributed by atoms with Crippen LogP contribution in [0.25, 0.3) is 0 Å². The van der Waals surface area contributed by atoms with Crippen LogP contribution in [-0.2, 0) is 0 Å². The zero-order valence-electron chi connectivity index (χ0n) is 14.2. The molecule has 0 aromatic heterocycles. The molecule has 1 N–H and O–H groups in total. The third-order valence-corrected chi connectivity index (χ3v) is 3.96. The van der Waals surface area contributed by atoms with Gasteiger partial charge >= 0.3 is 0 Å². The van der Waals surface area contributed by atoms with Gasteiger partial charge in [0.2, 0.25) is 0 Å². The van der Waals surface area contributed by atoms with Gasteiger partial charge in [0, 0.05) is 0 Å². The van der Waals surface area contributed by atoms with Crippen molar-refractivity contribution in [2.75, 3.05) is 13.1 Å². The topological polar surface area (TPSA) is 12.0 Å². The molecule has 0 radical (unpaired) electrons. The highest BCUT2D eigenvalue weighted by molar-refractivity contribution is 14.0. The van der Waals surface area contributed by atoms with Crippen LogP contribution < -0.4 is 5.32 Å². The van der Waals surface area contributed by atoms with Gasteiger partial charge in [0.05, 0.1) is 0 Å². The standard InChI is InChI=1S/C18H39N.HI/c1-3-5-6-7-8-9-10-11-12-13-14-15-16-17-18-19-4-2;/h19H,3-18H2,1-2H3;1H. The van der Waals surface area contributed by atoms with Gasteiger partial charge in [-0.3, -0.25) is 0 Å². The lowest BCUT2D eigenvalue weighted by Crippen LogP contribution is -2.13. The molecule has 0 spiro atoms. The van der Waals surface area contributed by atoms with Gasteiger partial charge < -0.3 is 5.32 Å². The average molecular weight is 397 g/mol. The molecule has 0 bridgehead atoms. The Labute approximate surface area is 146 Å². The molecule has 0 aromatic rings. The van der Waals surface area contributed by atoms with Crippen LogP contribution in [-0.4, -0.2) is 13.1 Å². The first kappa shape index (κ1) is 23.0. The predicted octanol–water partition coefficient (Wildman–Crippen LogP) is 6.70. The second-order valence-corrected chi connectivity index (χ2v) is 5.95. The summed E-state index contributed by atoms with van der Waals surface area (Å²) in [5, 5.41) is 3.39. The Morgan fingerprint density at radius 1 is 0.500 bits per heavy atom. The lowest BCUT2D eigenvalue weighted by Gasteiger charge is -2.03. The van der Waals surface area contributed by atoms with E-state index in [1.54, 1.807) is 0 Å². The van der Waals surface area contributed by atoms with Gasteiger partial charge in [-0.05, 0) is 19.5 Å². The van der Waals surface area contributed by atoms with Crippen LogP contribution in [0.2, 0.25) is 0 Å². The Bertz CT molecular complexity index is 134. The number of unbranched alkanes of at least 4 members (excludes halogenated alkanes) is 13. The van der Waals surface area contributed by atoms with Gasteiger partial charge in [0.25, 0.3) is 0 Å². The maximum absolute atomic E-state index is 3.39. The Kier molecular flexibility index (Phi) is 25.2. The molecule has 0 saturated heterocycles. The molecule has 0 rings (SSSR count). The fraction of sp³-hybridized carbons (Fsp3) is 1.00. The molecule has 0 aliphatic rings. The number of rotatable bonds is 16. The minimum atomic E-state index is 0. The van der Waals surface area contributed by atoms with Crippen LogP contribution in [0.15, 0.2) is 0 Å². The average Bonchev–Trinajstić information content (AvgIpc) is 2.43. The first-order valence-electron chi connectivity index (χ1n) is 9.12. The molecule has 0 aliphatic carbocycles. The van der Waals surface area contributed by atoms with Crippen molar-refractivity contribution in [2.45, 2.75) is 104 Å². The van der Waals surface area contributed by atoms with E-state index in [0.717, 1.165) is 6.54 Å². The first-order chi connectivity index (χ1) is 9.41. The Hall–Kier alpha value is 0.690. The van der Waals surface area contributed by atoms with Crippen LogP contribution in [0.5, 0.6) is 0 Å². The summed E-state index contributed by atoms with van der Waals surface area (Å²) in [7, 11) is 0. The van der Waals surface area contributed by atoms with Crippen molar-refractivity contribution in [2.24, 2.45) is 0 Å². The third kappa shape index (κ3) is 21.0. The number of nitrogens with one attached hydrogen (secondary N) is 1. The minimum Gasteiger partial charge on any atom is -0.317 e. The van der Waals surface area contributed by atoms with Gasteiger partial charge in [-0.2, -0.15) is 0 Å². The van der Waals surface area contributed by atoms with Gasteiger partial charge in [-0.15, -0.1) is 24.0 Å². The third-order valence-electron chi connectivity index (χ3n) is 3.96. The quantitative estimate of drug-likeness (QED) is 0.226. The fourth-order valence-electron chi connectivity index (χ4n) is 2.62. The summed E-state index contributed by atoms with van der Waals surface area (Å²) in [6, 6.07) is 0. The molecule has 0 amide bonds. The van der Waals surface area contributed by atoms with Crippen molar-refractivity contribution in [3.8, 4) is 0 Å². The van der Waals surface area contributed by atoms with Gasteiger partial charge in [0.15, 0.2) is 0 Å². The van der Waals surface area contributed by atoms with Crippen molar-refractivity contribution < 1.29 is 0 Å². The number of hydrogen-bond acceptors (Lipinski definition) is 1. The summed E-state index contributed by atoms with van der Waals surface area (Å²) in [6.07, 6.45) is 20.3. The van der Waals surface area contributed by atoms with E-state index in [2.05, 4.69) is 19.2 Å². The van der Waals surface area contributed by atoms with E-state index in [0.29, 0.717) is 0 Å². The molecule has 0 fully saturated rings. The lowest BCUT2D eigenvalue weighted by molar-refractivity contribution is 0.531. The molecular formula is C18H40IN. The monoisotopic (exact) mass is 397 g/mol. The van der Waals surface area contributed by atoms with Crippen molar-refractivity contribution in [3.63, 3.8) is 0 Å². The lowest BCUT2D eigenvalue weighted by atomic mass is 10.0. The fourth-order valence-corrected chi connectivity index (χ4v) is 2.62. The van der Waals surface area contributed by atoms with Crippen molar-refractivity contribution in [1.29, 1.82) is 0 Å². The smallest absolute Gasteiger partial charge is 0.00490 e. The minimum absolute atomic E-state index is 0. The molecule has 1 nitrogen and oxygen atoms in total. The predicted molar refractivity (Wildman–Crippen MR) is 104 cm³/mol. The molecule has 2 heteroatoms. The highest BCUT2D eigenvalue weighted by Crippen LogP contribution is 2.12. The van der Waals surface area contributed by atoms with Gasteiger partial charge in [-0.1, -0.05) is 97.3 Å². The van der Waals surface area contributed by atoms with Gasteiger partial charge in [-0.25, -0.2) is 0 Å². The highest BCUT2D eigenvalue weighted by atomic mass is 127. The summed E-state index contributed by atoms with van der Waals surface area (Å²) in [4.78, 5) is 0. The molecule has 0 unspecified atom stereocenters. The van der Waals surface area contributed by atoms with E-state index < -0.39 is 0 Å². The van der Waals surface area contributed by atoms with Gasteiger partial charge in [0.1, 0.15) is 0 Å². The zero-order valence-corrected chi connectivity index (χ0v) is 16.6. The van der Waals surface area contributed by atoms with Crippen molar-refractivity contribution in [3.05, 3.63) is 0 Å². The maximum atomic E-state index is 3.39. The summed E-state index contributed by atoms with van der Waals surface area (Å²) in [6.45, 7) is 6.82. The largest absolute Gasteiger partial charge is 0.317 e. The summed E-state index contributed by atoms with van der Waals surface area (Å²) in [5.41, 5.74) is 0. The Balaban J connectivity index is 0. The SMILES string of the molecule is CCCCCCCCCCCCCCCCNCC.I. The van der Waals surface area contributed by atoms with Crippen molar-refractivity contribution in [1.82, 2.24) is 5.32 Å². The van der Waals surface area contributed by atoms with E-state index in [-0.39, 0.29) is 24.0 Å². The second kappa shape index (κ2) is 22.0. The Morgan fingerprint density at radius 3 is 1.20 bits per heavy atom. The van der Waals surface area contributed by atoms with E-state index in [9.17, 15) is 0 Å². The van der Waals surface area contributed by atoms with E-state index in [4.69, 9.17) is 0 Å². The molecule has 0 aromatic carbocycles. The molecule has 20 heavy (non-hydrogen) atoms. The number of hydrogen-bond donors (Lipinski definition) is 1. The summed E-state index contributed by atoms with van der Waals surface area (Å²) < 4.78 is 0. The van der Waals surface area contributed by atoms with E-state index in [1.165, 1.54) is 96.4 Å². The normalized spacial score (nSPS) is 10.5. The van der Waals surface area contributed by atoms with E-state index >= 15 is 0 Å². The molecule has 0 heterocycles. The second-order valence-electron chi connectivity index (χ2n) is 5.95. The van der Waals surface area contributed by atoms with E-state index in [1.807, 2.05) is 0 Å². The van der Waals surface area contributed by atoms with Crippen LogP contribution in [0, 0.1) is 0 Å². The molecule has 0 aliphatic heterocycles. The van der Waals surface area contributed by atoms with Crippen molar-refractivity contribution >= 4 is 24.0 Å². The Morgan fingerprint density at radius 2 is 0.850 bits per heavy atom. The summed E-state index contributed by atoms with van der Waals surface area (Å²) in [5.74, 6) is 0. The first-order valence-corrected chi connectivity index (χ1v) is 9.12. The van der Waals surface area contributed by atoms with Crippen LogP contribution in [0.3, 0.4) is 0 Å². The molecule has 0 atom stereocenters. The highest BCUT2D eigenvalue weighted by Gasteiger charge is 1.93.